The highest BCUT2D eigenvalue weighted by molar-refractivity contribution is 6.03. The molecule has 0 aliphatic carbocycles. The van der Waals surface area contributed by atoms with E-state index in [1.54, 1.807) is 6.20 Å². The Morgan fingerprint density at radius 2 is 1.71 bits per heavy atom. The van der Waals surface area contributed by atoms with E-state index in [0.717, 1.165) is 23.4 Å². The second-order valence-corrected chi connectivity index (χ2v) is 6.10. The summed E-state index contributed by atoms with van der Waals surface area (Å²) in [4.78, 5) is 4.24. The Bertz CT molecular complexity index is 839. The van der Waals surface area contributed by atoms with Gasteiger partial charge in [0.05, 0.1) is 17.4 Å². The minimum atomic E-state index is 0.212. The van der Waals surface area contributed by atoms with Crippen molar-refractivity contribution in [3.63, 3.8) is 0 Å². The summed E-state index contributed by atoms with van der Waals surface area (Å²) in [6, 6.07) is 23.4. The Morgan fingerprint density at radius 1 is 0.917 bits per heavy atom. The molecule has 3 nitrogen and oxygen atoms in total. The third-order valence-electron chi connectivity index (χ3n) is 4.39. The topological polar surface area (TPSA) is 28.5 Å². The fourth-order valence-electron chi connectivity index (χ4n) is 3.09. The van der Waals surface area contributed by atoms with Gasteiger partial charge in [0, 0.05) is 24.4 Å². The predicted molar refractivity (Wildman–Crippen MR) is 98.2 cm³/mol. The third-order valence-corrected chi connectivity index (χ3v) is 4.39. The monoisotopic (exact) mass is 313 g/mol. The molecule has 0 saturated heterocycles. The summed E-state index contributed by atoms with van der Waals surface area (Å²) in [7, 11) is 0. The number of aromatic nitrogens is 1. The van der Waals surface area contributed by atoms with Gasteiger partial charge < -0.3 is 0 Å². The average molecular weight is 313 g/mol. The molecule has 0 spiro atoms. The summed E-state index contributed by atoms with van der Waals surface area (Å²) in [5.41, 5.74) is 5.82. The molecule has 1 aliphatic rings. The van der Waals surface area contributed by atoms with Crippen LogP contribution in [0.1, 0.15) is 29.2 Å². The van der Waals surface area contributed by atoms with E-state index in [9.17, 15) is 0 Å². The van der Waals surface area contributed by atoms with Gasteiger partial charge in [-0.05, 0) is 30.7 Å². The second kappa shape index (κ2) is 6.28. The largest absolute Gasteiger partial charge is 0.264 e. The molecule has 0 radical (unpaired) electrons. The fourth-order valence-corrected chi connectivity index (χ4v) is 3.09. The van der Waals surface area contributed by atoms with Gasteiger partial charge in [0.2, 0.25) is 0 Å². The highest BCUT2D eigenvalue weighted by Gasteiger charge is 2.29. The number of aryl methyl sites for hydroxylation is 1. The van der Waals surface area contributed by atoms with Crippen LogP contribution in [-0.2, 0) is 0 Å². The molecule has 0 bridgehead atoms. The molecule has 1 unspecified atom stereocenters. The number of anilines is 1. The molecule has 0 N–H and O–H groups in total. The maximum atomic E-state index is 4.93. The second-order valence-electron chi connectivity index (χ2n) is 6.10. The average Bonchev–Trinajstić information content (AvgIpc) is 3.09. The van der Waals surface area contributed by atoms with E-state index in [2.05, 4.69) is 77.6 Å². The predicted octanol–water partition coefficient (Wildman–Crippen LogP) is 4.75. The van der Waals surface area contributed by atoms with Gasteiger partial charge in [0.1, 0.15) is 0 Å². The summed E-state index contributed by atoms with van der Waals surface area (Å²) < 4.78 is 0. The lowest BCUT2D eigenvalue weighted by molar-refractivity contribution is 0.709. The maximum Gasteiger partial charge on any atom is 0.0831 e. The van der Waals surface area contributed by atoms with Crippen LogP contribution in [0.5, 0.6) is 0 Å². The molecule has 3 aromatic rings. The normalized spacial score (nSPS) is 17.0. The van der Waals surface area contributed by atoms with Crippen molar-refractivity contribution < 1.29 is 0 Å². The van der Waals surface area contributed by atoms with E-state index in [1.165, 1.54) is 11.1 Å². The van der Waals surface area contributed by atoms with Crippen LogP contribution in [0.3, 0.4) is 0 Å². The number of hydrazone groups is 1. The summed E-state index contributed by atoms with van der Waals surface area (Å²) >= 11 is 0. The van der Waals surface area contributed by atoms with E-state index in [1.807, 2.05) is 12.3 Å². The lowest BCUT2D eigenvalue weighted by Gasteiger charge is -2.24. The summed E-state index contributed by atoms with van der Waals surface area (Å²) in [6.45, 7) is 2.10. The summed E-state index contributed by atoms with van der Waals surface area (Å²) in [5, 5.41) is 7.06. The van der Waals surface area contributed by atoms with E-state index in [0.29, 0.717) is 0 Å². The van der Waals surface area contributed by atoms with Gasteiger partial charge in [-0.3, -0.25) is 9.99 Å². The molecule has 1 aromatic heterocycles. The molecular weight excluding hydrogens is 294 g/mol. The van der Waals surface area contributed by atoms with E-state index >= 15 is 0 Å². The van der Waals surface area contributed by atoms with E-state index in [-0.39, 0.29) is 6.04 Å². The molecule has 4 rings (SSSR count). The van der Waals surface area contributed by atoms with Crippen LogP contribution in [0.15, 0.2) is 84.2 Å². The highest BCUT2D eigenvalue weighted by atomic mass is 15.5. The van der Waals surface area contributed by atoms with Crippen LogP contribution >= 0.6 is 0 Å². The van der Waals surface area contributed by atoms with Crippen LogP contribution in [0.25, 0.3) is 0 Å². The molecule has 2 aromatic carbocycles. The van der Waals surface area contributed by atoms with Gasteiger partial charge in [-0.1, -0.05) is 54.1 Å². The van der Waals surface area contributed by atoms with Gasteiger partial charge in [0.25, 0.3) is 0 Å². The molecule has 3 heteroatoms. The molecule has 24 heavy (non-hydrogen) atoms. The quantitative estimate of drug-likeness (QED) is 0.698. The molecule has 1 aliphatic heterocycles. The van der Waals surface area contributed by atoms with Crippen molar-refractivity contribution in [2.75, 3.05) is 5.01 Å². The molecule has 2 heterocycles. The van der Waals surface area contributed by atoms with Crippen molar-refractivity contribution in [3.05, 3.63) is 95.8 Å². The number of rotatable bonds is 3. The number of pyridine rings is 1. The number of nitrogens with zero attached hydrogens (tertiary/aromatic N) is 3. The first-order valence-electron chi connectivity index (χ1n) is 8.20. The summed E-state index contributed by atoms with van der Waals surface area (Å²) in [5.74, 6) is 0. The van der Waals surface area contributed by atoms with Crippen LogP contribution in [0.2, 0.25) is 0 Å². The molecular formula is C21H19N3. The first-order valence-corrected chi connectivity index (χ1v) is 8.20. The zero-order chi connectivity index (χ0) is 16.4. The SMILES string of the molecule is Cc1ccc(N2N=C(c3cccnc3)CC2c2ccccc2)cc1. The summed E-state index contributed by atoms with van der Waals surface area (Å²) in [6.07, 6.45) is 4.56. The van der Waals surface area contributed by atoms with E-state index in [4.69, 9.17) is 5.10 Å². The third kappa shape index (κ3) is 2.81. The van der Waals surface area contributed by atoms with Gasteiger partial charge in [-0.15, -0.1) is 0 Å². The van der Waals surface area contributed by atoms with Gasteiger partial charge >= 0.3 is 0 Å². The lowest BCUT2D eigenvalue weighted by Crippen LogP contribution is -2.18. The lowest BCUT2D eigenvalue weighted by atomic mass is 9.99. The van der Waals surface area contributed by atoms with Crippen molar-refractivity contribution in [1.82, 2.24) is 4.98 Å². The van der Waals surface area contributed by atoms with Crippen LogP contribution in [-0.4, -0.2) is 10.7 Å². The zero-order valence-electron chi connectivity index (χ0n) is 13.6. The smallest absolute Gasteiger partial charge is 0.0831 e. The number of hydrogen-bond acceptors (Lipinski definition) is 3. The van der Waals surface area contributed by atoms with Gasteiger partial charge in [-0.25, -0.2) is 0 Å². The van der Waals surface area contributed by atoms with Crippen molar-refractivity contribution >= 4 is 11.4 Å². The first kappa shape index (κ1) is 14.6. The Labute approximate surface area is 142 Å². The van der Waals surface area contributed by atoms with Crippen molar-refractivity contribution in [2.45, 2.75) is 19.4 Å². The molecule has 1 atom stereocenters. The molecule has 0 amide bonds. The van der Waals surface area contributed by atoms with Crippen molar-refractivity contribution in [3.8, 4) is 0 Å². The van der Waals surface area contributed by atoms with Crippen LogP contribution < -0.4 is 5.01 Å². The Balaban J connectivity index is 1.75. The van der Waals surface area contributed by atoms with Crippen LogP contribution in [0.4, 0.5) is 5.69 Å². The molecule has 118 valence electrons. The van der Waals surface area contributed by atoms with Gasteiger partial charge in [0.15, 0.2) is 0 Å². The molecule has 0 saturated carbocycles. The number of hydrogen-bond donors (Lipinski definition) is 0. The van der Waals surface area contributed by atoms with Crippen LogP contribution in [0, 0.1) is 6.92 Å². The Morgan fingerprint density at radius 3 is 2.42 bits per heavy atom. The fraction of sp³-hybridized carbons (Fsp3) is 0.143. The van der Waals surface area contributed by atoms with Gasteiger partial charge in [-0.2, -0.15) is 5.10 Å². The minimum Gasteiger partial charge on any atom is -0.264 e. The molecule has 0 fully saturated rings. The first-order chi connectivity index (χ1) is 11.8. The standard InChI is InChI=1S/C21H19N3/c1-16-9-11-19(12-10-16)24-21(17-6-3-2-4-7-17)14-20(23-24)18-8-5-13-22-15-18/h2-13,15,21H,14H2,1H3. The Kier molecular flexibility index (Phi) is 3.83. The van der Waals surface area contributed by atoms with Crippen molar-refractivity contribution in [2.24, 2.45) is 5.10 Å². The minimum absolute atomic E-state index is 0.212. The zero-order valence-corrected chi connectivity index (χ0v) is 13.6. The maximum absolute atomic E-state index is 4.93. The van der Waals surface area contributed by atoms with Crippen molar-refractivity contribution in [1.29, 1.82) is 0 Å². The number of benzene rings is 2. The highest BCUT2D eigenvalue weighted by Crippen LogP contribution is 2.36. The van der Waals surface area contributed by atoms with E-state index < -0.39 is 0 Å². The Hall–Kier alpha value is -2.94.